The molecule has 0 heterocycles. The van der Waals surface area contributed by atoms with E-state index in [1.165, 1.54) is 25.1 Å². The highest BCUT2D eigenvalue weighted by Crippen LogP contribution is 2.54. The SMILES string of the molecule is CCC(CC)(c1ccc(OS(=O)(=O)C(F)(F)F)c(C)c1)c1ccc(C(OCOC)(C(F)(F)F)C(F)(F)F)c(C)c1. The fourth-order valence-electron chi connectivity index (χ4n) is 4.65. The van der Waals surface area contributed by atoms with E-state index in [0.717, 1.165) is 26.2 Å². The van der Waals surface area contributed by atoms with Crippen LogP contribution in [0.15, 0.2) is 36.4 Å². The zero-order chi connectivity index (χ0) is 30.9. The Balaban J connectivity index is 2.71. The van der Waals surface area contributed by atoms with Gasteiger partial charge in [-0.25, -0.2) is 0 Å². The van der Waals surface area contributed by atoms with Gasteiger partial charge in [0.05, 0.1) is 0 Å². The third-order valence-corrected chi connectivity index (χ3v) is 7.73. The average molecular weight is 611 g/mol. The summed E-state index contributed by atoms with van der Waals surface area (Å²) in [7, 11) is -5.07. The van der Waals surface area contributed by atoms with Gasteiger partial charge in [-0.05, 0) is 55.0 Å². The van der Waals surface area contributed by atoms with Crippen LogP contribution in [0.2, 0.25) is 0 Å². The second kappa shape index (κ2) is 11.4. The maximum Gasteiger partial charge on any atom is 0.534 e. The smallest absolute Gasteiger partial charge is 0.376 e. The van der Waals surface area contributed by atoms with Gasteiger partial charge in [-0.1, -0.05) is 44.2 Å². The van der Waals surface area contributed by atoms with E-state index in [1.54, 1.807) is 13.8 Å². The molecule has 0 aliphatic heterocycles. The van der Waals surface area contributed by atoms with Crippen molar-refractivity contribution in [1.82, 2.24) is 0 Å². The van der Waals surface area contributed by atoms with Gasteiger partial charge in [-0.15, -0.1) is 0 Å². The maximum absolute atomic E-state index is 14.0. The maximum atomic E-state index is 14.0. The van der Waals surface area contributed by atoms with E-state index >= 15 is 0 Å². The minimum Gasteiger partial charge on any atom is -0.376 e. The monoisotopic (exact) mass is 610 g/mol. The third kappa shape index (κ3) is 5.91. The van der Waals surface area contributed by atoms with Crippen molar-refractivity contribution in [2.45, 2.75) is 69.4 Å². The Hall–Kier alpha value is -2.52. The van der Waals surface area contributed by atoms with Crippen LogP contribution < -0.4 is 4.18 Å². The highest BCUT2D eigenvalue weighted by Gasteiger charge is 2.74. The number of hydrogen-bond acceptors (Lipinski definition) is 5. The number of aryl methyl sites for hydroxylation is 2. The van der Waals surface area contributed by atoms with Gasteiger partial charge in [0.15, 0.2) is 0 Å². The summed E-state index contributed by atoms with van der Waals surface area (Å²) in [4.78, 5) is 0. The third-order valence-electron chi connectivity index (χ3n) is 6.77. The Morgan fingerprint density at radius 2 is 1.23 bits per heavy atom. The number of halogens is 9. The van der Waals surface area contributed by atoms with Crippen LogP contribution in [-0.4, -0.2) is 40.2 Å². The summed E-state index contributed by atoms with van der Waals surface area (Å²) >= 11 is 0. The number of alkyl halides is 9. The molecular weight excluding hydrogens is 583 g/mol. The summed E-state index contributed by atoms with van der Waals surface area (Å²) in [5, 5.41) is 0. The molecule has 40 heavy (non-hydrogen) atoms. The second-order valence-corrected chi connectivity index (χ2v) is 10.5. The van der Waals surface area contributed by atoms with Crippen LogP contribution in [0.5, 0.6) is 5.75 Å². The van der Waals surface area contributed by atoms with Gasteiger partial charge < -0.3 is 13.7 Å². The summed E-state index contributed by atoms with van der Waals surface area (Å²) in [5.74, 6) is -0.593. The first-order valence-electron chi connectivity index (χ1n) is 11.6. The Bertz CT molecular complexity index is 1280. The quantitative estimate of drug-likeness (QED) is 0.120. The molecule has 0 spiro atoms. The standard InChI is InChI=1S/C25H27F9O5S/c1-6-21(7-2,18-9-11-20(16(4)13-18)39-40(35,36)25(32,33)34)17-8-10-19(15(3)12-17)22(23(26,27)28,24(29,30)31)38-14-37-5/h8-13H,6-7,14H2,1-5H3. The van der Waals surface area contributed by atoms with Crippen LogP contribution in [0.1, 0.15) is 54.5 Å². The first-order chi connectivity index (χ1) is 18.1. The van der Waals surface area contributed by atoms with Crippen molar-refractivity contribution in [2.24, 2.45) is 0 Å². The summed E-state index contributed by atoms with van der Waals surface area (Å²) < 4.78 is 158. The lowest BCUT2D eigenvalue weighted by Crippen LogP contribution is -2.56. The predicted octanol–water partition coefficient (Wildman–Crippen LogP) is 7.58. The van der Waals surface area contributed by atoms with E-state index < -0.39 is 57.1 Å². The molecule has 0 unspecified atom stereocenters. The number of methoxy groups -OCH3 is 1. The van der Waals surface area contributed by atoms with Gasteiger partial charge in [0.1, 0.15) is 12.5 Å². The van der Waals surface area contributed by atoms with Gasteiger partial charge in [-0.3, -0.25) is 0 Å². The molecule has 0 radical (unpaired) electrons. The van der Waals surface area contributed by atoms with Crippen molar-refractivity contribution in [3.63, 3.8) is 0 Å². The molecule has 0 aromatic heterocycles. The van der Waals surface area contributed by atoms with Gasteiger partial charge in [0.25, 0.3) is 5.60 Å². The lowest BCUT2D eigenvalue weighted by atomic mass is 9.69. The first-order valence-corrected chi connectivity index (χ1v) is 13.1. The van der Waals surface area contributed by atoms with E-state index in [-0.39, 0.29) is 24.0 Å². The molecule has 0 N–H and O–H groups in total. The van der Waals surface area contributed by atoms with Gasteiger partial charge >= 0.3 is 28.0 Å². The lowest BCUT2D eigenvalue weighted by Gasteiger charge is -2.39. The molecule has 0 atom stereocenters. The molecule has 0 aliphatic carbocycles. The van der Waals surface area contributed by atoms with Crippen LogP contribution in [0.25, 0.3) is 0 Å². The van der Waals surface area contributed by atoms with E-state index in [1.807, 2.05) is 0 Å². The largest absolute Gasteiger partial charge is 0.534 e. The summed E-state index contributed by atoms with van der Waals surface area (Å²) in [6.45, 7) is 4.48. The van der Waals surface area contributed by atoms with Crippen LogP contribution >= 0.6 is 0 Å². The highest BCUT2D eigenvalue weighted by molar-refractivity contribution is 7.88. The van der Waals surface area contributed by atoms with Crippen LogP contribution in [0.3, 0.4) is 0 Å². The fourth-order valence-corrected chi connectivity index (χ4v) is 5.17. The van der Waals surface area contributed by atoms with Crippen molar-refractivity contribution >= 4 is 10.1 Å². The van der Waals surface area contributed by atoms with E-state index in [2.05, 4.69) is 13.7 Å². The molecule has 0 saturated heterocycles. The zero-order valence-electron chi connectivity index (χ0n) is 21.9. The van der Waals surface area contributed by atoms with Crippen LogP contribution in [0, 0.1) is 13.8 Å². The summed E-state index contributed by atoms with van der Waals surface area (Å²) in [5.41, 5.74) is -12.2. The lowest BCUT2D eigenvalue weighted by molar-refractivity contribution is -0.400. The minimum absolute atomic E-state index is 0.00562. The molecule has 2 aromatic rings. The molecule has 0 aliphatic rings. The number of ether oxygens (including phenoxy) is 2. The first kappa shape index (κ1) is 33.7. The number of hydrogen-bond donors (Lipinski definition) is 0. The minimum atomic E-state index is -5.94. The molecule has 5 nitrogen and oxygen atoms in total. The molecule has 0 bridgehead atoms. The molecule has 2 rings (SSSR count). The Morgan fingerprint density at radius 1 is 0.750 bits per heavy atom. The van der Waals surface area contributed by atoms with Crippen LogP contribution in [-0.2, 0) is 30.6 Å². The topological polar surface area (TPSA) is 61.8 Å². The second-order valence-electron chi connectivity index (χ2n) is 9.01. The molecule has 0 fully saturated rings. The number of benzene rings is 2. The van der Waals surface area contributed by atoms with Crippen molar-refractivity contribution in [3.8, 4) is 5.75 Å². The predicted molar refractivity (Wildman–Crippen MR) is 126 cm³/mol. The zero-order valence-corrected chi connectivity index (χ0v) is 22.8. The Labute approximate surface area is 225 Å². The molecule has 2 aromatic carbocycles. The van der Waals surface area contributed by atoms with Gasteiger partial charge in [0.2, 0.25) is 0 Å². The van der Waals surface area contributed by atoms with E-state index in [4.69, 9.17) is 0 Å². The highest BCUT2D eigenvalue weighted by atomic mass is 32.2. The molecule has 15 heteroatoms. The number of rotatable bonds is 10. The Morgan fingerprint density at radius 3 is 1.60 bits per heavy atom. The van der Waals surface area contributed by atoms with Crippen molar-refractivity contribution < 1.29 is 61.6 Å². The van der Waals surface area contributed by atoms with Crippen molar-refractivity contribution in [2.75, 3.05) is 13.9 Å². The van der Waals surface area contributed by atoms with Crippen molar-refractivity contribution in [1.29, 1.82) is 0 Å². The van der Waals surface area contributed by atoms with Crippen molar-refractivity contribution in [3.05, 3.63) is 64.2 Å². The summed E-state index contributed by atoms with van der Waals surface area (Å²) in [6.07, 6.45) is -11.3. The molecular formula is C25H27F9O5S. The van der Waals surface area contributed by atoms with E-state index in [9.17, 15) is 47.9 Å². The normalized spacial score (nSPS) is 13.9. The average Bonchev–Trinajstić information content (AvgIpc) is 2.80. The van der Waals surface area contributed by atoms with Gasteiger partial charge in [0, 0.05) is 18.1 Å². The molecule has 226 valence electrons. The summed E-state index contributed by atoms with van der Waals surface area (Å²) in [6, 6.07) is 6.61. The van der Waals surface area contributed by atoms with Crippen LogP contribution in [0.4, 0.5) is 39.5 Å². The van der Waals surface area contributed by atoms with Gasteiger partial charge in [-0.2, -0.15) is 47.9 Å². The molecule has 0 saturated carbocycles. The Kier molecular flexibility index (Phi) is 9.60. The van der Waals surface area contributed by atoms with E-state index in [0.29, 0.717) is 17.2 Å². The fraction of sp³-hybridized carbons (Fsp3) is 0.520. The molecule has 0 amide bonds.